The summed E-state index contributed by atoms with van der Waals surface area (Å²) in [6.45, 7) is 3.58. The Balaban J connectivity index is 2.66. The predicted molar refractivity (Wildman–Crippen MR) is 63.8 cm³/mol. The molecular weight excluding hydrogens is 227 g/mol. The number of rotatable bonds is 5. The first-order chi connectivity index (χ1) is 7.38. The molecule has 1 radical (unpaired) electrons. The summed E-state index contributed by atoms with van der Waals surface area (Å²) in [7, 11) is -2.31. The Kier molecular flexibility index (Phi) is 4.95. The van der Waals surface area contributed by atoms with Crippen molar-refractivity contribution in [2.75, 3.05) is 7.05 Å². The van der Waals surface area contributed by atoms with E-state index in [1.165, 1.54) is 12.8 Å². The molecule has 0 aliphatic heterocycles. The highest BCUT2D eigenvalue weighted by atomic mass is 31.2. The number of hydrogen-bond donors (Lipinski definition) is 3. The van der Waals surface area contributed by atoms with Crippen molar-refractivity contribution in [2.45, 2.75) is 50.0 Å². The molecule has 1 aliphatic rings. The molecule has 0 spiro atoms. The van der Waals surface area contributed by atoms with Crippen LogP contribution in [0.15, 0.2) is 0 Å². The molecule has 0 bridgehead atoms. The van der Waals surface area contributed by atoms with E-state index in [4.69, 9.17) is 5.73 Å². The number of nitrogens with two attached hydrogens (primary N) is 1. The molecule has 16 heavy (non-hydrogen) atoms. The van der Waals surface area contributed by atoms with Crippen molar-refractivity contribution in [3.05, 3.63) is 6.92 Å². The van der Waals surface area contributed by atoms with Crippen LogP contribution in [0.5, 0.6) is 0 Å². The molecule has 6 heteroatoms. The first-order valence-electron chi connectivity index (χ1n) is 5.70. The van der Waals surface area contributed by atoms with Gasteiger partial charge in [-0.15, -0.1) is 0 Å². The quantitative estimate of drug-likeness (QED) is 0.498. The predicted octanol–water partition coefficient (Wildman–Crippen LogP) is 0.916. The van der Waals surface area contributed by atoms with Crippen molar-refractivity contribution in [1.29, 1.82) is 0 Å². The molecule has 1 fully saturated rings. The number of hydrogen-bond acceptors (Lipinski definition) is 3. The fourth-order valence-corrected chi connectivity index (χ4v) is 3.31. The topological polar surface area (TPSA) is 86.8 Å². The second-order valence-electron chi connectivity index (χ2n) is 4.54. The Labute approximate surface area is 97.2 Å². The van der Waals surface area contributed by atoms with E-state index >= 15 is 0 Å². The summed E-state index contributed by atoms with van der Waals surface area (Å²) < 4.78 is 11.3. The van der Waals surface area contributed by atoms with Crippen molar-refractivity contribution in [1.82, 2.24) is 4.90 Å². The second-order valence-corrected chi connectivity index (χ2v) is 6.38. The lowest BCUT2D eigenvalue weighted by Crippen LogP contribution is -2.51. The van der Waals surface area contributed by atoms with E-state index in [0.29, 0.717) is 6.04 Å². The lowest BCUT2D eigenvalue weighted by molar-refractivity contribution is 0.163. The van der Waals surface area contributed by atoms with Crippen LogP contribution in [0.25, 0.3) is 0 Å². The zero-order valence-electron chi connectivity index (χ0n) is 9.75. The van der Waals surface area contributed by atoms with Crippen LogP contribution in [0.2, 0.25) is 0 Å². The van der Waals surface area contributed by atoms with E-state index < -0.39 is 19.4 Å². The molecule has 2 unspecified atom stereocenters. The lowest BCUT2D eigenvalue weighted by Gasteiger charge is -2.35. The Hall–Kier alpha value is 0.0700. The standard InChI is InChI=1S/C10H22N2O3P/c1-3-9(16(13,14)15)10(11)12(2)8-6-4-5-7-8/h8-10H,1,3-7,11H2,2H3,(H2,13,14,15). The van der Waals surface area contributed by atoms with Gasteiger partial charge in [0.2, 0.25) is 0 Å². The van der Waals surface area contributed by atoms with E-state index in [9.17, 15) is 14.4 Å². The summed E-state index contributed by atoms with van der Waals surface area (Å²) in [4.78, 5) is 20.3. The fourth-order valence-electron chi connectivity index (χ4n) is 2.36. The highest BCUT2D eigenvalue weighted by Crippen LogP contribution is 2.45. The van der Waals surface area contributed by atoms with Gasteiger partial charge in [-0.05, 0) is 26.3 Å². The highest BCUT2D eigenvalue weighted by molar-refractivity contribution is 7.52. The molecule has 0 heterocycles. The van der Waals surface area contributed by atoms with Gasteiger partial charge in [-0.2, -0.15) is 0 Å². The summed E-state index contributed by atoms with van der Waals surface area (Å²) in [5.41, 5.74) is 5.07. The summed E-state index contributed by atoms with van der Waals surface area (Å²) >= 11 is 0. The third-order valence-electron chi connectivity index (χ3n) is 3.49. The zero-order valence-corrected chi connectivity index (χ0v) is 10.6. The van der Waals surface area contributed by atoms with Crippen LogP contribution in [0.1, 0.15) is 32.1 Å². The minimum Gasteiger partial charge on any atom is -0.324 e. The van der Waals surface area contributed by atoms with Crippen molar-refractivity contribution in [3.63, 3.8) is 0 Å². The first-order valence-corrected chi connectivity index (χ1v) is 7.38. The van der Waals surface area contributed by atoms with E-state index in [-0.39, 0.29) is 6.42 Å². The summed E-state index contributed by atoms with van der Waals surface area (Å²) in [6, 6.07) is 0.357. The van der Waals surface area contributed by atoms with Crippen LogP contribution < -0.4 is 5.73 Å². The molecule has 4 N–H and O–H groups in total. The normalized spacial score (nSPS) is 22.6. The van der Waals surface area contributed by atoms with Crippen molar-refractivity contribution >= 4 is 7.60 Å². The third kappa shape index (κ3) is 3.28. The van der Waals surface area contributed by atoms with E-state index in [1.54, 1.807) is 0 Å². The molecule has 5 nitrogen and oxygen atoms in total. The molecule has 0 aromatic carbocycles. The van der Waals surface area contributed by atoms with Crippen LogP contribution in [-0.4, -0.2) is 39.6 Å². The van der Waals surface area contributed by atoms with E-state index in [0.717, 1.165) is 12.8 Å². The molecule has 0 aromatic heterocycles. The summed E-state index contributed by atoms with van der Waals surface area (Å²) in [5, 5.41) is 0. The van der Waals surface area contributed by atoms with Crippen LogP contribution in [0, 0.1) is 6.92 Å². The zero-order chi connectivity index (χ0) is 12.3. The minimum absolute atomic E-state index is 0.155. The minimum atomic E-state index is -4.16. The van der Waals surface area contributed by atoms with E-state index in [1.807, 2.05) is 11.9 Å². The van der Waals surface area contributed by atoms with Gasteiger partial charge >= 0.3 is 7.60 Å². The average Bonchev–Trinajstić information content (AvgIpc) is 2.67. The molecule has 2 atom stereocenters. The van der Waals surface area contributed by atoms with Gasteiger partial charge in [0.05, 0.1) is 11.8 Å². The Morgan fingerprint density at radius 2 is 2.00 bits per heavy atom. The van der Waals surface area contributed by atoms with Crippen LogP contribution in [0.3, 0.4) is 0 Å². The number of nitrogens with zero attached hydrogens (tertiary/aromatic N) is 1. The maximum absolute atomic E-state index is 11.3. The van der Waals surface area contributed by atoms with Gasteiger partial charge in [0.15, 0.2) is 0 Å². The van der Waals surface area contributed by atoms with Crippen molar-refractivity contribution < 1.29 is 14.4 Å². The first kappa shape index (κ1) is 14.1. The SMILES string of the molecule is [CH2]CC(C(N)N(C)C1CCCC1)P(=O)(O)O. The van der Waals surface area contributed by atoms with Gasteiger partial charge in [0.25, 0.3) is 0 Å². The Morgan fingerprint density at radius 1 is 1.50 bits per heavy atom. The van der Waals surface area contributed by atoms with Gasteiger partial charge in [-0.1, -0.05) is 19.8 Å². The van der Waals surface area contributed by atoms with Gasteiger partial charge < -0.3 is 15.5 Å². The maximum Gasteiger partial charge on any atom is 0.331 e. The van der Waals surface area contributed by atoms with Crippen molar-refractivity contribution in [2.24, 2.45) is 5.73 Å². The molecule has 1 rings (SSSR count). The average molecular weight is 249 g/mol. The lowest BCUT2D eigenvalue weighted by atomic mass is 10.1. The van der Waals surface area contributed by atoms with E-state index in [2.05, 4.69) is 6.92 Å². The Morgan fingerprint density at radius 3 is 2.38 bits per heavy atom. The molecular formula is C10H22N2O3P. The summed E-state index contributed by atoms with van der Waals surface area (Å²) in [5.74, 6) is 0. The monoisotopic (exact) mass is 249 g/mol. The molecule has 1 aliphatic carbocycles. The molecule has 95 valence electrons. The van der Waals surface area contributed by atoms with Gasteiger partial charge in [-0.3, -0.25) is 9.46 Å². The molecule has 0 saturated heterocycles. The van der Waals surface area contributed by atoms with Crippen molar-refractivity contribution in [3.8, 4) is 0 Å². The Bertz CT molecular complexity index is 263. The third-order valence-corrected chi connectivity index (χ3v) is 4.92. The fraction of sp³-hybridized carbons (Fsp3) is 0.900. The molecule has 0 aromatic rings. The second kappa shape index (κ2) is 5.61. The molecule has 1 saturated carbocycles. The van der Waals surface area contributed by atoms with Crippen LogP contribution >= 0.6 is 7.60 Å². The van der Waals surface area contributed by atoms with Gasteiger partial charge in [0.1, 0.15) is 0 Å². The van der Waals surface area contributed by atoms with Crippen LogP contribution in [-0.2, 0) is 4.57 Å². The smallest absolute Gasteiger partial charge is 0.324 e. The molecule has 0 amide bonds. The maximum atomic E-state index is 11.3. The van der Waals surface area contributed by atoms with Gasteiger partial charge in [0, 0.05) is 6.04 Å². The largest absolute Gasteiger partial charge is 0.331 e. The van der Waals surface area contributed by atoms with Gasteiger partial charge in [-0.25, -0.2) is 0 Å². The summed E-state index contributed by atoms with van der Waals surface area (Å²) in [6.07, 6.45) is 4.02. The van der Waals surface area contributed by atoms with Crippen LogP contribution in [0.4, 0.5) is 0 Å². The highest BCUT2D eigenvalue weighted by Gasteiger charge is 2.37.